The first kappa shape index (κ1) is 15.1. The van der Waals surface area contributed by atoms with Gasteiger partial charge in [0, 0.05) is 23.6 Å². The Kier molecular flexibility index (Phi) is 4.49. The Hall–Kier alpha value is -1.79. The van der Waals surface area contributed by atoms with Crippen LogP contribution in [0.2, 0.25) is 0 Å². The summed E-state index contributed by atoms with van der Waals surface area (Å²) in [6.45, 7) is 8.16. The molecule has 3 nitrogen and oxygen atoms in total. The molecule has 1 fully saturated rings. The van der Waals surface area contributed by atoms with Crippen molar-refractivity contribution in [2.45, 2.75) is 39.0 Å². The zero-order valence-electron chi connectivity index (χ0n) is 13.6. The molecule has 2 atom stereocenters. The average molecular weight is 295 g/mol. The molecule has 1 saturated carbocycles. The topological polar surface area (TPSA) is 42.8 Å². The van der Waals surface area contributed by atoms with Crippen LogP contribution < -0.4 is 0 Å². The predicted octanol–water partition coefficient (Wildman–Crippen LogP) is 4.27. The normalized spacial score (nSPS) is 20.5. The van der Waals surface area contributed by atoms with E-state index in [1.54, 1.807) is 0 Å². The first-order valence-corrected chi connectivity index (χ1v) is 8.50. The van der Waals surface area contributed by atoms with E-state index in [-0.39, 0.29) is 0 Å². The SMILES string of the molecule is CCCN(CCC)CC1CC1c1c[nH]c2ccc(C#N)cc12. The van der Waals surface area contributed by atoms with E-state index in [1.807, 2.05) is 18.2 Å². The highest BCUT2D eigenvalue weighted by Crippen LogP contribution is 2.50. The Labute approximate surface area is 132 Å². The molecule has 0 saturated heterocycles. The number of aromatic amines is 1. The van der Waals surface area contributed by atoms with Crippen molar-refractivity contribution >= 4 is 10.9 Å². The summed E-state index contributed by atoms with van der Waals surface area (Å²) in [6, 6.07) is 8.19. The molecule has 22 heavy (non-hydrogen) atoms. The van der Waals surface area contributed by atoms with E-state index < -0.39 is 0 Å². The Balaban J connectivity index is 1.73. The van der Waals surface area contributed by atoms with Gasteiger partial charge in [-0.1, -0.05) is 13.8 Å². The maximum atomic E-state index is 9.10. The van der Waals surface area contributed by atoms with Crippen molar-refractivity contribution in [1.29, 1.82) is 5.26 Å². The second-order valence-electron chi connectivity index (χ2n) is 6.52. The average Bonchev–Trinajstić information content (AvgIpc) is 3.15. The first-order chi connectivity index (χ1) is 10.8. The third-order valence-electron chi connectivity index (χ3n) is 4.74. The molecule has 3 rings (SSSR count). The van der Waals surface area contributed by atoms with Crippen molar-refractivity contribution in [3.63, 3.8) is 0 Å². The fourth-order valence-corrected chi connectivity index (χ4v) is 3.61. The first-order valence-electron chi connectivity index (χ1n) is 8.50. The molecular weight excluding hydrogens is 270 g/mol. The van der Waals surface area contributed by atoms with Crippen LogP contribution in [0.5, 0.6) is 0 Å². The highest BCUT2D eigenvalue weighted by Gasteiger charge is 2.40. The fourth-order valence-electron chi connectivity index (χ4n) is 3.61. The van der Waals surface area contributed by atoms with Crippen molar-refractivity contribution in [3.8, 4) is 6.07 Å². The summed E-state index contributed by atoms with van der Waals surface area (Å²) >= 11 is 0. The number of fused-ring (bicyclic) bond motifs is 1. The molecule has 1 N–H and O–H groups in total. The molecular formula is C19H25N3. The molecule has 0 amide bonds. The summed E-state index contributed by atoms with van der Waals surface area (Å²) < 4.78 is 0. The largest absolute Gasteiger partial charge is 0.361 e. The van der Waals surface area contributed by atoms with Crippen LogP contribution >= 0.6 is 0 Å². The van der Waals surface area contributed by atoms with Gasteiger partial charge >= 0.3 is 0 Å². The molecule has 0 spiro atoms. The van der Waals surface area contributed by atoms with Crippen molar-refractivity contribution in [1.82, 2.24) is 9.88 Å². The lowest BCUT2D eigenvalue weighted by Crippen LogP contribution is -2.27. The van der Waals surface area contributed by atoms with Crippen molar-refractivity contribution in [2.75, 3.05) is 19.6 Å². The lowest BCUT2D eigenvalue weighted by molar-refractivity contribution is 0.262. The van der Waals surface area contributed by atoms with Gasteiger partial charge in [0.1, 0.15) is 0 Å². The fraction of sp³-hybridized carbons (Fsp3) is 0.526. The molecule has 116 valence electrons. The standard InChI is InChI=1S/C19H25N3/c1-3-7-22(8-4-2)13-15-10-16(15)18-12-21-19-6-5-14(11-20)9-17(18)19/h5-6,9,12,15-16,21H,3-4,7-8,10,13H2,1-2H3. The quantitative estimate of drug-likeness (QED) is 0.829. The molecule has 3 heteroatoms. The van der Waals surface area contributed by atoms with Gasteiger partial charge in [-0.2, -0.15) is 5.26 Å². The van der Waals surface area contributed by atoms with Gasteiger partial charge in [-0.3, -0.25) is 0 Å². The van der Waals surface area contributed by atoms with Gasteiger partial charge in [-0.25, -0.2) is 0 Å². The predicted molar refractivity (Wildman–Crippen MR) is 90.9 cm³/mol. The van der Waals surface area contributed by atoms with E-state index in [0.717, 1.165) is 17.0 Å². The molecule has 1 aliphatic carbocycles. The number of benzene rings is 1. The summed E-state index contributed by atoms with van der Waals surface area (Å²) in [5.41, 5.74) is 3.31. The van der Waals surface area contributed by atoms with E-state index in [2.05, 4.69) is 36.0 Å². The molecule has 0 radical (unpaired) electrons. The molecule has 1 heterocycles. The van der Waals surface area contributed by atoms with E-state index in [1.165, 1.54) is 49.8 Å². The second-order valence-corrected chi connectivity index (χ2v) is 6.52. The summed E-state index contributed by atoms with van der Waals surface area (Å²) in [6.07, 6.45) is 5.90. The number of hydrogen-bond donors (Lipinski definition) is 1. The van der Waals surface area contributed by atoms with Crippen LogP contribution in [0.3, 0.4) is 0 Å². The van der Waals surface area contributed by atoms with Crippen LogP contribution in [0.25, 0.3) is 10.9 Å². The number of hydrogen-bond acceptors (Lipinski definition) is 2. The Bertz CT molecular complexity index is 674. The second kappa shape index (κ2) is 6.54. The van der Waals surface area contributed by atoms with E-state index >= 15 is 0 Å². The summed E-state index contributed by atoms with van der Waals surface area (Å²) in [7, 11) is 0. The van der Waals surface area contributed by atoms with Crippen LogP contribution in [0.1, 0.15) is 50.2 Å². The van der Waals surface area contributed by atoms with Crippen molar-refractivity contribution in [3.05, 3.63) is 35.5 Å². The third-order valence-corrected chi connectivity index (χ3v) is 4.74. The van der Waals surface area contributed by atoms with Gasteiger partial charge in [0.25, 0.3) is 0 Å². The third kappa shape index (κ3) is 3.03. The van der Waals surface area contributed by atoms with Gasteiger partial charge in [-0.05, 0) is 68.0 Å². The minimum absolute atomic E-state index is 0.666. The molecule has 1 aromatic heterocycles. The highest BCUT2D eigenvalue weighted by molar-refractivity contribution is 5.85. The zero-order valence-corrected chi connectivity index (χ0v) is 13.6. The van der Waals surface area contributed by atoms with E-state index in [4.69, 9.17) is 5.26 Å². The number of nitrogens with one attached hydrogen (secondary N) is 1. The number of aromatic nitrogens is 1. The van der Waals surface area contributed by atoms with Crippen molar-refractivity contribution < 1.29 is 0 Å². The maximum Gasteiger partial charge on any atom is 0.0991 e. The molecule has 2 unspecified atom stereocenters. The zero-order chi connectivity index (χ0) is 15.5. The van der Waals surface area contributed by atoms with Gasteiger partial charge in [0.05, 0.1) is 11.6 Å². The number of rotatable bonds is 7. The Morgan fingerprint density at radius 3 is 2.73 bits per heavy atom. The monoisotopic (exact) mass is 295 g/mol. The van der Waals surface area contributed by atoms with Crippen LogP contribution in [0.15, 0.2) is 24.4 Å². The Morgan fingerprint density at radius 1 is 1.27 bits per heavy atom. The van der Waals surface area contributed by atoms with E-state index in [0.29, 0.717) is 5.92 Å². The van der Waals surface area contributed by atoms with Gasteiger partial charge < -0.3 is 9.88 Å². The Morgan fingerprint density at radius 2 is 2.05 bits per heavy atom. The molecule has 1 aliphatic rings. The molecule has 0 bridgehead atoms. The minimum atomic E-state index is 0.666. The number of nitriles is 1. The maximum absolute atomic E-state index is 9.10. The highest BCUT2D eigenvalue weighted by atomic mass is 15.1. The van der Waals surface area contributed by atoms with Gasteiger partial charge in [0.15, 0.2) is 0 Å². The smallest absolute Gasteiger partial charge is 0.0991 e. The minimum Gasteiger partial charge on any atom is -0.361 e. The molecule has 1 aromatic carbocycles. The van der Waals surface area contributed by atoms with Gasteiger partial charge in [-0.15, -0.1) is 0 Å². The van der Waals surface area contributed by atoms with Crippen LogP contribution in [-0.4, -0.2) is 29.5 Å². The summed E-state index contributed by atoms with van der Waals surface area (Å²) in [4.78, 5) is 5.97. The molecule has 0 aliphatic heterocycles. The molecule has 2 aromatic rings. The van der Waals surface area contributed by atoms with Crippen LogP contribution in [-0.2, 0) is 0 Å². The van der Waals surface area contributed by atoms with Crippen LogP contribution in [0.4, 0.5) is 0 Å². The van der Waals surface area contributed by atoms with Crippen LogP contribution in [0, 0.1) is 17.2 Å². The van der Waals surface area contributed by atoms with Crippen molar-refractivity contribution in [2.24, 2.45) is 5.92 Å². The summed E-state index contributed by atoms with van der Waals surface area (Å²) in [5, 5.41) is 10.3. The number of H-pyrrole nitrogens is 1. The van der Waals surface area contributed by atoms with E-state index in [9.17, 15) is 0 Å². The van der Waals surface area contributed by atoms with Gasteiger partial charge in [0.2, 0.25) is 0 Å². The summed E-state index contributed by atoms with van der Waals surface area (Å²) in [5.74, 6) is 1.45. The lowest BCUT2D eigenvalue weighted by atomic mass is 10.1. The lowest BCUT2D eigenvalue weighted by Gasteiger charge is -2.20. The number of nitrogens with zero attached hydrogens (tertiary/aromatic N) is 2.